The molecule has 3 N–H and O–H groups in total. The minimum atomic E-state index is -0.579. The van der Waals surface area contributed by atoms with Gasteiger partial charge in [0.15, 0.2) is 6.79 Å². The van der Waals surface area contributed by atoms with Gasteiger partial charge in [0.25, 0.3) is 6.47 Å². The van der Waals surface area contributed by atoms with E-state index in [0.29, 0.717) is 6.42 Å². The summed E-state index contributed by atoms with van der Waals surface area (Å²) < 4.78 is 4.15. The first-order valence-corrected chi connectivity index (χ1v) is 3.18. The van der Waals surface area contributed by atoms with Crippen LogP contribution >= 0.6 is 0 Å². The van der Waals surface area contributed by atoms with Crippen molar-refractivity contribution in [3.05, 3.63) is 0 Å². The van der Waals surface area contributed by atoms with Gasteiger partial charge >= 0.3 is 5.97 Å². The Hall–Kier alpha value is -1.14. The molecule has 0 spiro atoms. The fourth-order valence-electron chi connectivity index (χ4n) is 0.368. The summed E-state index contributed by atoms with van der Waals surface area (Å²) in [6.45, 7) is -0.856. The van der Waals surface area contributed by atoms with E-state index in [1.54, 1.807) is 0 Å². The fourth-order valence-corrected chi connectivity index (χ4v) is 0.368. The van der Waals surface area contributed by atoms with E-state index in [-0.39, 0.29) is 19.5 Å². The van der Waals surface area contributed by atoms with E-state index in [4.69, 9.17) is 20.1 Å². The van der Waals surface area contributed by atoms with E-state index in [9.17, 15) is 4.79 Å². The zero-order valence-electron chi connectivity index (χ0n) is 6.47. The molecule has 6 nitrogen and oxygen atoms in total. The molecule has 0 aromatic carbocycles. The van der Waals surface area contributed by atoms with Crippen molar-refractivity contribution >= 4 is 12.4 Å². The second-order valence-electron chi connectivity index (χ2n) is 1.58. The van der Waals surface area contributed by atoms with Gasteiger partial charge in [-0.2, -0.15) is 0 Å². The number of esters is 1. The lowest BCUT2D eigenvalue weighted by Crippen LogP contribution is -2.05. The maximum absolute atomic E-state index is 10.3. The van der Waals surface area contributed by atoms with E-state index >= 15 is 0 Å². The topological polar surface area (TPSA) is 104 Å². The van der Waals surface area contributed by atoms with E-state index in [1.165, 1.54) is 0 Å². The van der Waals surface area contributed by atoms with Crippen molar-refractivity contribution in [3.8, 4) is 0 Å². The molecule has 0 amide bonds. The summed E-state index contributed by atoms with van der Waals surface area (Å²) >= 11 is 0. The molecule has 0 atom stereocenters. The van der Waals surface area contributed by atoms with E-state index in [0.717, 1.165) is 0 Å². The van der Waals surface area contributed by atoms with Crippen LogP contribution in [0.2, 0.25) is 0 Å². The number of carboxylic acid groups (broad SMARTS) is 1. The lowest BCUT2D eigenvalue weighted by molar-refractivity contribution is -0.152. The molecular formula is C6H12O6. The van der Waals surface area contributed by atoms with Crippen molar-refractivity contribution in [2.75, 3.05) is 13.4 Å². The van der Waals surface area contributed by atoms with Gasteiger partial charge < -0.3 is 20.1 Å². The van der Waals surface area contributed by atoms with Gasteiger partial charge in [0.1, 0.15) is 0 Å². The molecule has 0 aliphatic rings. The second kappa shape index (κ2) is 12.5. The van der Waals surface area contributed by atoms with Gasteiger partial charge in [-0.25, -0.2) is 0 Å². The molecule has 12 heavy (non-hydrogen) atoms. The molecule has 0 radical (unpaired) electrons. The lowest BCUT2D eigenvalue weighted by atomic mass is 10.3. The van der Waals surface area contributed by atoms with Crippen molar-refractivity contribution in [2.24, 2.45) is 0 Å². The van der Waals surface area contributed by atoms with Crippen molar-refractivity contribution in [1.29, 1.82) is 0 Å². The first-order valence-electron chi connectivity index (χ1n) is 3.18. The Morgan fingerprint density at radius 2 is 1.92 bits per heavy atom. The van der Waals surface area contributed by atoms with E-state index in [2.05, 4.69) is 4.74 Å². The van der Waals surface area contributed by atoms with Crippen LogP contribution in [-0.4, -0.2) is 41.2 Å². The summed E-state index contributed by atoms with van der Waals surface area (Å²) in [5.74, 6) is -0.480. The highest BCUT2D eigenvalue weighted by atomic mass is 16.6. The Morgan fingerprint density at radius 1 is 1.42 bits per heavy atom. The molecule has 0 aromatic rings. The molecule has 0 bridgehead atoms. The van der Waals surface area contributed by atoms with Gasteiger partial charge in [-0.3, -0.25) is 9.59 Å². The highest BCUT2D eigenvalue weighted by molar-refractivity contribution is 5.69. The van der Waals surface area contributed by atoms with Crippen LogP contribution in [0.25, 0.3) is 0 Å². The highest BCUT2D eigenvalue weighted by Crippen LogP contribution is 1.89. The zero-order valence-corrected chi connectivity index (χ0v) is 6.47. The lowest BCUT2D eigenvalue weighted by Gasteiger charge is -1.96. The number of aliphatic hydroxyl groups is 2. The van der Waals surface area contributed by atoms with Gasteiger partial charge in [-0.1, -0.05) is 0 Å². The molecule has 0 aromatic heterocycles. The van der Waals surface area contributed by atoms with Crippen molar-refractivity contribution < 1.29 is 29.6 Å². The molecule has 0 heterocycles. The van der Waals surface area contributed by atoms with Gasteiger partial charge in [-0.15, -0.1) is 0 Å². The number of hydrogen-bond acceptors (Lipinski definition) is 5. The minimum absolute atomic E-state index is 0.0273. The van der Waals surface area contributed by atoms with Crippen LogP contribution in [0.5, 0.6) is 0 Å². The summed E-state index contributed by atoms with van der Waals surface area (Å²) in [5, 5.41) is 23.1. The standard InChI is InChI=1S/C5H10O4.CH2O2/c6-3-1-2-5(8)9-4-7;2-1-3/h6-7H,1-4H2;1H,(H,2,3). The normalized spacial score (nSPS) is 7.83. The Kier molecular flexibility index (Phi) is 14.0. The Morgan fingerprint density at radius 3 is 2.25 bits per heavy atom. The predicted molar refractivity (Wildman–Crippen MR) is 38.2 cm³/mol. The summed E-state index contributed by atoms with van der Waals surface area (Å²) in [5.41, 5.74) is 0. The van der Waals surface area contributed by atoms with Crippen LogP contribution in [0.4, 0.5) is 0 Å². The molecule has 0 aliphatic heterocycles. The second-order valence-corrected chi connectivity index (χ2v) is 1.58. The van der Waals surface area contributed by atoms with E-state index in [1.807, 2.05) is 0 Å². The molecule has 6 heteroatoms. The first kappa shape index (κ1) is 13.4. The molecule has 0 saturated carbocycles. The minimum Gasteiger partial charge on any atom is -0.483 e. The first-order chi connectivity index (χ1) is 5.72. The Bertz CT molecular complexity index is 113. The summed E-state index contributed by atoms with van der Waals surface area (Å²) in [7, 11) is 0. The number of hydrogen-bond donors (Lipinski definition) is 3. The zero-order chi connectivity index (χ0) is 9.82. The van der Waals surface area contributed by atoms with Crippen molar-refractivity contribution in [2.45, 2.75) is 12.8 Å². The SMILES string of the molecule is O=C(CCCO)OCO.O=CO. The van der Waals surface area contributed by atoms with Crippen LogP contribution in [0.1, 0.15) is 12.8 Å². The van der Waals surface area contributed by atoms with Crippen LogP contribution in [0.15, 0.2) is 0 Å². The van der Waals surface area contributed by atoms with Gasteiger partial charge in [0.2, 0.25) is 0 Å². The number of aliphatic hydroxyl groups excluding tert-OH is 2. The van der Waals surface area contributed by atoms with E-state index < -0.39 is 12.8 Å². The van der Waals surface area contributed by atoms with Gasteiger partial charge in [0.05, 0.1) is 0 Å². The number of carbonyl (C=O) groups excluding carboxylic acids is 1. The molecule has 0 saturated heterocycles. The average molecular weight is 180 g/mol. The monoisotopic (exact) mass is 180 g/mol. The largest absolute Gasteiger partial charge is 0.483 e. The summed E-state index contributed by atoms with van der Waals surface area (Å²) in [4.78, 5) is 18.7. The predicted octanol–water partition coefficient (Wildman–Crippen LogP) is -1.05. The quantitative estimate of drug-likeness (QED) is 0.290. The van der Waals surface area contributed by atoms with Crippen LogP contribution in [-0.2, 0) is 14.3 Å². The molecule has 0 rings (SSSR count). The van der Waals surface area contributed by atoms with Gasteiger partial charge in [-0.05, 0) is 6.42 Å². The fraction of sp³-hybridized carbons (Fsp3) is 0.667. The molecule has 72 valence electrons. The smallest absolute Gasteiger partial charge is 0.307 e. The molecule has 0 fully saturated rings. The Balaban J connectivity index is 0. The van der Waals surface area contributed by atoms with Crippen molar-refractivity contribution in [3.63, 3.8) is 0 Å². The number of rotatable bonds is 4. The third-order valence-electron chi connectivity index (χ3n) is 0.765. The average Bonchev–Trinajstić information content (AvgIpc) is 2.03. The molecule has 0 aliphatic carbocycles. The van der Waals surface area contributed by atoms with Gasteiger partial charge in [0, 0.05) is 13.0 Å². The Labute approximate surface area is 69.4 Å². The van der Waals surface area contributed by atoms with Crippen LogP contribution < -0.4 is 0 Å². The highest BCUT2D eigenvalue weighted by Gasteiger charge is 1.98. The van der Waals surface area contributed by atoms with Crippen LogP contribution in [0.3, 0.4) is 0 Å². The summed E-state index contributed by atoms with van der Waals surface area (Å²) in [6.07, 6.45) is 0.551. The maximum atomic E-state index is 10.3. The molecule has 0 unspecified atom stereocenters. The number of ether oxygens (including phenoxy) is 1. The third-order valence-corrected chi connectivity index (χ3v) is 0.765. The maximum Gasteiger partial charge on any atom is 0.307 e. The van der Waals surface area contributed by atoms with Crippen molar-refractivity contribution in [1.82, 2.24) is 0 Å². The number of carbonyl (C=O) groups is 2. The third kappa shape index (κ3) is 15.9. The molecular weight excluding hydrogens is 168 g/mol. The summed E-state index contributed by atoms with van der Waals surface area (Å²) in [6, 6.07) is 0. The van der Waals surface area contributed by atoms with Crippen LogP contribution in [0, 0.1) is 0 Å².